The van der Waals surface area contributed by atoms with Gasteiger partial charge in [-0.05, 0) is 49.1 Å². The average Bonchev–Trinajstić information content (AvgIpc) is 2.25. The molecule has 2 N–H and O–H groups in total. The molecule has 0 bridgehead atoms. The van der Waals surface area contributed by atoms with Gasteiger partial charge in [0, 0.05) is 5.54 Å². The quantitative estimate of drug-likeness (QED) is 0.764. The first kappa shape index (κ1) is 11.7. The summed E-state index contributed by atoms with van der Waals surface area (Å²) in [5, 5.41) is 0. The van der Waals surface area contributed by atoms with Crippen LogP contribution in [0.4, 0.5) is 0 Å². The summed E-state index contributed by atoms with van der Waals surface area (Å²) < 4.78 is 0. The summed E-state index contributed by atoms with van der Waals surface area (Å²) in [6.45, 7) is 6.86. The summed E-state index contributed by atoms with van der Waals surface area (Å²) in [6.07, 6.45) is 3.51. The summed E-state index contributed by atoms with van der Waals surface area (Å²) >= 11 is 0. The van der Waals surface area contributed by atoms with Crippen molar-refractivity contribution in [1.29, 1.82) is 0 Å². The van der Waals surface area contributed by atoms with Crippen molar-refractivity contribution < 1.29 is 0 Å². The zero-order valence-electron chi connectivity index (χ0n) is 10.7. The van der Waals surface area contributed by atoms with Crippen LogP contribution in [-0.4, -0.2) is 0 Å². The number of nitrogens with two attached hydrogens (primary N) is 1. The fraction of sp³-hybridized carbons (Fsp3) is 0.600. The molecule has 1 heteroatoms. The maximum atomic E-state index is 6.63. The van der Waals surface area contributed by atoms with E-state index in [0.717, 1.165) is 24.7 Å². The van der Waals surface area contributed by atoms with E-state index < -0.39 is 0 Å². The van der Waals surface area contributed by atoms with Crippen LogP contribution in [0, 0.1) is 18.8 Å². The summed E-state index contributed by atoms with van der Waals surface area (Å²) in [5.41, 5.74) is 9.24. The Morgan fingerprint density at radius 3 is 2.50 bits per heavy atom. The molecule has 1 saturated carbocycles. The molecule has 1 aromatic rings. The summed E-state index contributed by atoms with van der Waals surface area (Å²) in [6, 6.07) is 8.58. The monoisotopic (exact) mass is 217 g/mol. The second-order valence-corrected chi connectivity index (χ2v) is 5.67. The lowest BCUT2D eigenvalue weighted by molar-refractivity contribution is 0.176. The highest BCUT2D eigenvalue weighted by atomic mass is 14.8. The van der Waals surface area contributed by atoms with Gasteiger partial charge in [0.05, 0.1) is 0 Å². The minimum Gasteiger partial charge on any atom is -0.321 e. The predicted octanol–water partition coefficient (Wildman–Crippen LogP) is 3.61. The minimum atomic E-state index is -0.0860. The van der Waals surface area contributed by atoms with Gasteiger partial charge in [0.2, 0.25) is 0 Å². The van der Waals surface area contributed by atoms with Gasteiger partial charge < -0.3 is 5.73 Å². The molecule has 3 unspecified atom stereocenters. The van der Waals surface area contributed by atoms with E-state index in [1.54, 1.807) is 0 Å². The van der Waals surface area contributed by atoms with E-state index in [1.165, 1.54) is 17.5 Å². The molecule has 16 heavy (non-hydrogen) atoms. The van der Waals surface area contributed by atoms with Crippen LogP contribution in [-0.2, 0) is 5.54 Å². The molecular weight excluding hydrogens is 194 g/mol. The molecule has 0 aliphatic heterocycles. The summed E-state index contributed by atoms with van der Waals surface area (Å²) in [5.74, 6) is 1.55. The fourth-order valence-corrected chi connectivity index (χ4v) is 3.02. The molecule has 0 amide bonds. The highest BCUT2D eigenvalue weighted by Gasteiger charge is 2.36. The molecule has 1 aromatic carbocycles. The molecule has 3 atom stereocenters. The molecule has 0 saturated heterocycles. The molecule has 1 aliphatic carbocycles. The maximum absolute atomic E-state index is 6.63. The Morgan fingerprint density at radius 1 is 1.19 bits per heavy atom. The van der Waals surface area contributed by atoms with E-state index in [0.29, 0.717) is 0 Å². The van der Waals surface area contributed by atoms with E-state index in [4.69, 9.17) is 5.73 Å². The highest BCUT2D eigenvalue weighted by Crippen LogP contribution is 2.41. The standard InChI is InChI=1S/C15H23N/c1-11-8-9-15(16,10-13(11)3)14-7-5-4-6-12(14)2/h4-7,11,13H,8-10,16H2,1-3H3. The van der Waals surface area contributed by atoms with Crippen molar-refractivity contribution in [3.63, 3.8) is 0 Å². The lowest BCUT2D eigenvalue weighted by atomic mass is 9.68. The molecule has 2 rings (SSSR count). The Morgan fingerprint density at radius 2 is 1.88 bits per heavy atom. The first-order valence-electron chi connectivity index (χ1n) is 6.38. The predicted molar refractivity (Wildman–Crippen MR) is 69.2 cm³/mol. The van der Waals surface area contributed by atoms with Gasteiger partial charge in [-0.1, -0.05) is 38.1 Å². The number of hydrogen-bond donors (Lipinski definition) is 1. The largest absolute Gasteiger partial charge is 0.321 e. The average molecular weight is 217 g/mol. The molecule has 1 aliphatic rings. The highest BCUT2D eigenvalue weighted by molar-refractivity contribution is 5.33. The smallest absolute Gasteiger partial charge is 0.0415 e. The zero-order chi connectivity index (χ0) is 11.8. The van der Waals surface area contributed by atoms with Crippen LogP contribution < -0.4 is 5.73 Å². The van der Waals surface area contributed by atoms with E-state index in [-0.39, 0.29) is 5.54 Å². The third kappa shape index (κ3) is 2.01. The molecule has 1 nitrogen and oxygen atoms in total. The third-order valence-electron chi connectivity index (χ3n) is 4.38. The van der Waals surface area contributed by atoms with Crippen molar-refractivity contribution in [3.05, 3.63) is 35.4 Å². The summed E-state index contributed by atoms with van der Waals surface area (Å²) in [7, 11) is 0. The van der Waals surface area contributed by atoms with Gasteiger partial charge in [-0.3, -0.25) is 0 Å². The first-order chi connectivity index (χ1) is 7.53. The van der Waals surface area contributed by atoms with Gasteiger partial charge >= 0.3 is 0 Å². The number of benzene rings is 1. The molecule has 0 aromatic heterocycles. The Labute approximate surface area is 99.0 Å². The van der Waals surface area contributed by atoms with Crippen LogP contribution in [0.2, 0.25) is 0 Å². The van der Waals surface area contributed by atoms with E-state index in [9.17, 15) is 0 Å². The van der Waals surface area contributed by atoms with Crippen molar-refractivity contribution in [2.75, 3.05) is 0 Å². The molecular formula is C15H23N. The van der Waals surface area contributed by atoms with Crippen molar-refractivity contribution in [2.45, 2.75) is 45.6 Å². The molecule has 0 heterocycles. The minimum absolute atomic E-state index is 0.0860. The lowest BCUT2D eigenvalue weighted by Crippen LogP contribution is -2.43. The maximum Gasteiger partial charge on any atom is 0.0415 e. The van der Waals surface area contributed by atoms with Gasteiger partial charge in [0.1, 0.15) is 0 Å². The first-order valence-corrected chi connectivity index (χ1v) is 6.38. The molecule has 1 fully saturated rings. The normalized spacial score (nSPS) is 35.0. The van der Waals surface area contributed by atoms with E-state index >= 15 is 0 Å². The van der Waals surface area contributed by atoms with E-state index in [2.05, 4.69) is 45.0 Å². The summed E-state index contributed by atoms with van der Waals surface area (Å²) in [4.78, 5) is 0. The fourth-order valence-electron chi connectivity index (χ4n) is 3.02. The van der Waals surface area contributed by atoms with Crippen LogP contribution in [0.15, 0.2) is 24.3 Å². The number of rotatable bonds is 1. The van der Waals surface area contributed by atoms with Gasteiger partial charge in [-0.2, -0.15) is 0 Å². The second-order valence-electron chi connectivity index (χ2n) is 5.67. The Balaban J connectivity index is 2.29. The lowest BCUT2D eigenvalue weighted by Gasteiger charge is -2.41. The van der Waals surface area contributed by atoms with Crippen molar-refractivity contribution in [2.24, 2.45) is 17.6 Å². The van der Waals surface area contributed by atoms with Crippen LogP contribution in [0.25, 0.3) is 0 Å². The molecule has 0 spiro atoms. The van der Waals surface area contributed by atoms with Crippen molar-refractivity contribution in [1.82, 2.24) is 0 Å². The van der Waals surface area contributed by atoms with Gasteiger partial charge in [-0.15, -0.1) is 0 Å². The third-order valence-corrected chi connectivity index (χ3v) is 4.38. The van der Waals surface area contributed by atoms with Crippen molar-refractivity contribution >= 4 is 0 Å². The number of hydrogen-bond acceptors (Lipinski definition) is 1. The Kier molecular flexibility index (Phi) is 3.07. The van der Waals surface area contributed by atoms with Gasteiger partial charge in [0.25, 0.3) is 0 Å². The van der Waals surface area contributed by atoms with E-state index in [1.807, 2.05) is 0 Å². The van der Waals surface area contributed by atoms with Crippen LogP contribution in [0.3, 0.4) is 0 Å². The van der Waals surface area contributed by atoms with Crippen LogP contribution >= 0.6 is 0 Å². The zero-order valence-corrected chi connectivity index (χ0v) is 10.7. The van der Waals surface area contributed by atoms with Crippen molar-refractivity contribution in [3.8, 4) is 0 Å². The Bertz CT molecular complexity index is 371. The molecule has 88 valence electrons. The second kappa shape index (κ2) is 4.21. The SMILES string of the molecule is Cc1ccccc1C1(N)CCC(C)C(C)C1. The van der Waals surface area contributed by atoms with Crippen LogP contribution in [0.1, 0.15) is 44.2 Å². The van der Waals surface area contributed by atoms with Crippen LogP contribution in [0.5, 0.6) is 0 Å². The van der Waals surface area contributed by atoms with Gasteiger partial charge in [0.15, 0.2) is 0 Å². The Hall–Kier alpha value is -0.820. The number of aryl methyl sites for hydroxylation is 1. The topological polar surface area (TPSA) is 26.0 Å². The van der Waals surface area contributed by atoms with Gasteiger partial charge in [-0.25, -0.2) is 0 Å². The molecule has 0 radical (unpaired) electrons.